The Morgan fingerprint density at radius 1 is 0.818 bits per heavy atom. The second-order valence-corrected chi connectivity index (χ2v) is 7.40. The molecular formula is C18H34O4. The van der Waals surface area contributed by atoms with Crippen molar-refractivity contribution in [3.8, 4) is 0 Å². The van der Waals surface area contributed by atoms with Crippen LogP contribution in [-0.2, 0) is 9.59 Å². The molecule has 0 aromatic carbocycles. The highest BCUT2D eigenvalue weighted by Gasteiger charge is 2.37. The lowest BCUT2D eigenvalue weighted by molar-refractivity contribution is -0.151. The monoisotopic (exact) mass is 314 g/mol. The highest BCUT2D eigenvalue weighted by Crippen LogP contribution is 2.38. The third kappa shape index (κ3) is 9.06. The van der Waals surface area contributed by atoms with Crippen molar-refractivity contribution in [3.05, 3.63) is 0 Å². The van der Waals surface area contributed by atoms with Crippen LogP contribution in [0.15, 0.2) is 0 Å². The van der Waals surface area contributed by atoms with Gasteiger partial charge in [-0.15, -0.1) is 0 Å². The summed E-state index contributed by atoms with van der Waals surface area (Å²) >= 11 is 0. The summed E-state index contributed by atoms with van der Waals surface area (Å²) in [5.74, 6) is -0.448. The zero-order chi connectivity index (χ0) is 17.2. The topological polar surface area (TPSA) is 74.6 Å². The zero-order valence-corrected chi connectivity index (χ0v) is 14.7. The van der Waals surface area contributed by atoms with Gasteiger partial charge in [0.1, 0.15) is 0 Å². The maximum absolute atomic E-state index is 11.9. The number of hydrogen-bond acceptors (Lipinski definition) is 2. The normalized spacial score (nSPS) is 12.1. The van der Waals surface area contributed by atoms with Crippen molar-refractivity contribution < 1.29 is 19.8 Å². The molecule has 0 saturated heterocycles. The van der Waals surface area contributed by atoms with Crippen molar-refractivity contribution in [1.82, 2.24) is 0 Å². The van der Waals surface area contributed by atoms with E-state index in [4.69, 9.17) is 5.11 Å². The minimum Gasteiger partial charge on any atom is -0.481 e. The first-order valence-electron chi connectivity index (χ1n) is 8.65. The van der Waals surface area contributed by atoms with Gasteiger partial charge in [0.25, 0.3) is 0 Å². The van der Waals surface area contributed by atoms with Crippen molar-refractivity contribution in [3.63, 3.8) is 0 Å². The second-order valence-electron chi connectivity index (χ2n) is 7.40. The van der Waals surface area contributed by atoms with Crippen LogP contribution in [0, 0.1) is 17.3 Å². The van der Waals surface area contributed by atoms with Gasteiger partial charge >= 0.3 is 11.9 Å². The van der Waals surface area contributed by atoms with Gasteiger partial charge in [0.15, 0.2) is 0 Å². The van der Waals surface area contributed by atoms with E-state index in [0.717, 1.165) is 25.7 Å². The zero-order valence-electron chi connectivity index (χ0n) is 14.7. The predicted molar refractivity (Wildman–Crippen MR) is 88.9 cm³/mol. The molecule has 22 heavy (non-hydrogen) atoms. The molecular weight excluding hydrogens is 280 g/mol. The number of aliphatic carboxylic acids is 2. The number of carbonyl (C=O) groups is 2. The smallest absolute Gasteiger partial charge is 0.309 e. The summed E-state index contributed by atoms with van der Waals surface area (Å²) in [5, 5.41) is 18.6. The Bertz CT molecular complexity index is 320. The van der Waals surface area contributed by atoms with Crippen LogP contribution in [0.4, 0.5) is 0 Å². The van der Waals surface area contributed by atoms with Gasteiger partial charge in [-0.05, 0) is 37.5 Å². The van der Waals surface area contributed by atoms with Gasteiger partial charge < -0.3 is 10.2 Å². The highest BCUT2D eigenvalue weighted by molar-refractivity contribution is 5.74. The van der Waals surface area contributed by atoms with Crippen LogP contribution < -0.4 is 0 Å². The van der Waals surface area contributed by atoms with Crippen molar-refractivity contribution in [1.29, 1.82) is 0 Å². The van der Waals surface area contributed by atoms with Gasteiger partial charge in [-0.1, -0.05) is 53.4 Å². The molecule has 0 rings (SSSR count). The van der Waals surface area contributed by atoms with Gasteiger partial charge in [-0.25, -0.2) is 0 Å². The molecule has 130 valence electrons. The molecule has 0 atom stereocenters. The Morgan fingerprint density at radius 3 is 1.55 bits per heavy atom. The Hall–Kier alpha value is -1.06. The molecule has 0 aromatic heterocycles. The average molecular weight is 314 g/mol. The average Bonchev–Trinajstić information content (AvgIpc) is 2.36. The van der Waals surface area contributed by atoms with E-state index in [2.05, 4.69) is 27.7 Å². The Labute approximate surface area is 135 Å². The van der Waals surface area contributed by atoms with E-state index in [1.54, 1.807) is 0 Å². The lowest BCUT2D eigenvalue weighted by Crippen LogP contribution is -2.31. The summed E-state index contributed by atoms with van der Waals surface area (Å²) in [4.78, 5) is 22.6. The molecule has 0 unspecified atom stereocenters. The number of rotatable bonds is 13. The fraction of sp³-hybridized carbons (Fsp3) is 0.889. The van der Waals surface area contributed by atoms with Gasteiger partial charge in [-0.2, -0.15) is 0 Å². The number of carboxylic acids is 2. The van der Waals surface area contributed by atoms with Crippen molar-refractivity contribution in [2.24, 2.45) is 17.3 Å². The molecule has 0 amide bonds. The standard InChI is InChI=1S/C18H34O4/c1-14(2)8-5-11-18(17(21)22,12-6-9-15(3)4)13-7-10-16(19)20/h14-15H,5-13H2,1-4H3,(H,19,20)(H,21,22). The Balaban J connectivity index is 4.75. The maximum atomic E-state index is 11.9. The molecule has 0 aliphatic heterocycles. The van der Waals surface area contributed by atoms with Crippen molar-refractivity contribution in [2.75, 3.05) is 0 Å². The van der Waals surface area contributed by atoms with Crippen LogP contribution >= 0.6 is 0 Å². The van der Waals surface area contributed by atoms with E-state index in [-0.39, 0.29) is 6.42 Å². The van der Waals surface area contributed by atoms with E-state index in [1.165, 1.54) is 0 Å². The summed E-state index contributed by atoms with van der Waals surface area (Å²) in [6.45, 7) is 8.58. The Kier molecular flexibility index (Phi) is 10.1. The maximum Gasteiger partial charge on any atom is 0.309 e. The summed E-state index contributed by atoms with van der Waals surface area (Å²) in [5.41, 5.74) is -0.737. The Morgan fingerprint density at radius 2 is 1.23 bits per heavy atom. The second kappa shape index (κ2) is 10.6. The summed E-state index contributed by atoms with van der Waals surface area (Å²) in [6, 6.07) is 0. The molecule has 2 N–H and O–H groups in total. The molecule has 0 radical (unpaired) electrons. The van der Waals surface area contributed by atoms with Crippen LogP contribution in [0.1, 0.15) is 85.5 Å². The third-order valence-electron chi connectivity index (χ3n) is 4.37. The first-order chi connectivity index (χ1) is 10.2. The van der Waals surface area contributed by atoms with Gasteiger partial charge in [0, 0.05) is 6.42 Å². The van der Waals surface area contributed by atoms with Crippen molar-refractivity contribution in [2.45, 2.75) is 85.5 Å². The van der Waals surface area contributed by atoms with Gasteiger partial charge in [0.2, 0.25) is 0 Å². The molecule has 0 aliphatic rings. The van der Waals surface area contributed by atoms with Crippen LogP contribution in [0.3, 0.4) is 0 Å². The number of carboxylic acid groups (broad SMARTS) is 2. The SMILES string of the molecule is CC(C)CCCC(CCCC(=O)O)(CCCC(C)C)C(=O)O. The van der Waals surface area contributed by atoms with Gasteiger partial charge in [0.05, 0.1) is 5.41 Å². The highest BCUT2D eigenvalue weighted by atomic mass is 16.4. The van der Waals surface area contributed by atoms with Crippen LogP contribution in [0.2, 0.25) is 0 Å². The van der Waals surface area contributed by atoms with Crippen LogP contribution in [0.5, 0.6) is 0 Å². The molecule has 4 heteroatoms. The molecule has 0 spiro atoms. The summed E-state index contributed by atoms with van der Waals surface area (Å²) < 4.78 is 0. The lowest BCUT2D eigenvalue weighted by atomic mass is 9.73. The fourth-order valence-electron chi connectivity index (χ4n) is 2.97. The minimum absolute atomic E-state index is 0.0589. The van der Waals surface area contributed by atoms with Crippen LogP contribution in [-0.4, -0.2) is 22.2 Å². The first kappa shape index (κ1) is 20.9. The molecule has 0 aliphatic carbocycles. The lowest BCUT2D eigenvalue weighted by Gasteiger charge is -2.30. The van der Waals surface area contributed by atoms with E-state index in [1.807, 2.05) is 0 Å². The third-order valence-corrected chi connectivity index (χ3v) is 4.37. The predicted octanol–water partition coefficient (Wildman–Crippen LogP) is 4.96. The minimum atomic E-state index is -0.844. The molecule has 0 fully saturated rings. The van der Waals surface area contributed by atoms with E-state index < -0.39 is 17.4 Å². The fourth-order valence-corrected chi connectivity index (χ4v) is 2.97. The van der Waals surface area contributed by atoms with Gasteiger partial charge in [-0.3, -0.25) is 9.59 Å². The quantitative estimate of drug-likeness (QED) is 0.503. The largest absolute Gasteiger partial charge is 0.481 e. The van der Waals surface area contributed by atoms with E-state index in [0.29, 0.717) is 37.5 Å². The first-order valence-corrected chi connectivity index (χ1v) is 8.65. The molecule has 0 bridgehead atoms. The van der Waals surface area contributed by atoms with E-state index >= 15 is 0 Å². The van der Waals surface area contributed by atoms with Crippen molar-refractivity contribution >= 4 is 11.9 Å². The molecule has 0 heterocycles. The summed E-state index contributed by atoms with van der Waals surface area (Å²) in [7, 11) is 0. The molecule has 0 saturated carbocycles. The summed E-state index contributed by atoms with van der Waals surface area (Å²) in [6.07, 6.45) is 6.17. The molecule has 4 nitrogen and oxygen atoms in total. The molecule has 0 aromatic rings. The van der Waals surface area contributed by atoms with Crippen LogP contribution in [0.25, 0.3) is 0 Å². The number of hydrogen-bond donors (Lipinski definition) is 2. The van der Waals surface area contributed by atoms with E-state index in [9.17, 15) is 14.7 Å².